The van der Waals surface area contributed by atoms with Crippen LogP contribution in [0.2, 0.25) is 0 Å². The van der Waals surface area contributed by atoms with Gasteiger partial charge in [0.1, 0.15) is 6.61 Å². The van der Waals surface area contributed by atoms with Crippen molar-refractivity contribution in [2.75, 3.05) is 13.1 Å². The highest BCUT2D eigenvalue weighted by Gasteiger charge is 2.27. The van der Waals surface area contributed by atoms with Crippen molar-refractivity contribution < 1.29 is 19.2 Å². The molecule has 1 aromatic carbocycles. The van der Waals surface area contributed by atoms with Crippen molar-refractivity contribution in [3.05, 3.63) is 65.6 Å². The van der Waals surface area contributed by atoms with Gasteiger partial charge in [-0.15, -0.1) is 0 Å². The fourth-order valence-electron chi connectivity index (χ4n) is 3.28. The van der Waals surface area contributed by atoms with Crippen LogP contribution in [0.15, 0.2) is 47.5 Å². The zero-order valence-corrected chi connectivity index (χ0v) is 15.1. The molecule has 0 spiro atoms. The number of nitrogens with one attached hydrogen (secondary N) is 1. The van der Waals surface area contributed by atoms with Crippen molar-refractivity contribution in [3.63, 3.8) is 0 Å². The first kappa shape index (κ1) is 18.8. The number of aromatic nitrogens is 1. The van der Waals surface area contributed by atoms with E-state index in [-0.39, 0.29) is 30.9 Å². The van der Waals surface area contributed by atoms with Crippen molar-refractivity contribution in [2.24, 2.45) is 0 Å². The molecule has 1 aliphatic rings. The molecule has 7 nitrogen and oxygen atoms in total. The van der Waals surface area contributed by atoms with Gasteiger partial charge in [-0.05, 0) is 30.5 Å². The summed E-state index contributed by atoms with van der Waals surface area (Å²) in [7, 11) is 0. The predicted molar refractivity (Wildman–Crippen MR) is 98.8 cm³/mol. The van der Waals surface area contributed by atoms with Crippen molar-refractivity contribution in [3.8, 4) is 0 Å². The molecule has 1 aromatic heterocycles. The van der Waals surface area contributed by atoms with Crippen LogP contribution in [-0.4, -0.2) is 40.1 Å². The van der Waals surface area contributed by atoms with E-state index in [1.165, 1.54) is 6.08 Å². The van der Waals surface area contributed by atoms with Gasteiger partial charge in [0.15, 0.2) is 5.76 Å². The maximum atomic E-state index is 13.0. The second-order valence-corrected chi connectivity index (χ2v) is 6.52. The molecule has 3 rings (SSSR count). The van der Waals surface area contributed by atoms with Gasteiger partial charge in [-0.3, -0.25) is 9.59 Å². The smallest absolute Gasteiger partial charge is 0.254 e. The van der Waals surface area contributed by atoms with Crippen molar-refractivity contribution >= 4 is 11.8 Å². The number of piperidine rings is 1. The van der Waals surface area contributed by atoms with E-state index < -0.39 is 0 Å². The van der Waals surface area contributed by atoms with Crippen LogP contribution in [0, 0.1) is 0 Å². The molecule has 0 bridgehead atoms. The highest BCUT2D eigenvalue weighted by Crippen LogP contribution is 2.28. The molecule has 142 valence electrons. The molecule has 0 saturated carbocycles. The van der Waals surface area contributed by atoms with E-state index in [1.54, 1.807) is 12.1 Å². The summed E-state index contributed by atoms with van der Waals surface area (Å²) in [5.74, 6) is 0.375. The maximum absolute atomic E-state index is 13.0. The number of aliphatic hydroxyl groups is 1. The Morgan fingerprint density at radius 2 is 2.07 bits per heavy atom. The highest BCUT2D eigenvalue weighted by atomic mass is 16.5. The summed E-state index contributed by atoms with van der Waals surface area (Å²) in [6, 6.07) is 9.08. The lowest BCUT2D eigenvalue weighted by molar-refractivity contribution is -0.116. The second kappa shape index (κ2) is 8.64. The summed E-state index contributed by atoms with van der Waals surface area (Å²) in [6.45, 7) is 4.80. The molecule has 2 N–H and O–H groups in total. The number of hydrogen-bond acceptors (Lipinski definition) is 5. The Hall–Kier alpha value is -2.93. The van der Waals surface area contributed by atoms with Crippen LogP contribution in [0.1, 0.15) is 46.1 Å². The third-order valence-electron chi connectivity index (χ3n) is 4.82. The minimum atomic E-state index is -0.270. The molecule has 0 radical (unpaired) electrons. The molecular weight excluding hydrogens is 346 g/mol. The molecule has 1 fully saturated rings. The number of benzene rings is 1. The normalized spacial score (nSPS) is 14.8. The summed E-state index contributed by atoms with van der Waals surface area (Å²) >= 11 is 0. The number of carbonyl (C=O) groups excluding carboxylic acids is 2. The van der Waals surface area contributed by atoms with Gasteiger partial charge in [0.05, 0.1) is 5.69 Å². The Labute approximate surface area is 157 Å². The molecule has 1 saturated heterocycles. The van der Waals surface area contributed by atoms with E-state index >= 15 is 0 Å². The lowest BCUT2D eigenvalue weighted by atomic mass is 9.92. The lowest BCUT2D eigenvalue weighted by Gasteiger charge is -2.31. The van der Waals surface area contributed by atoms with Crippen molar-refractivity contribution in [2.45, 2.75) is 31.9 Å². The summed E-state index contributed by atoms with van der Waals surface area (Å²) < 4.78 is 5.06. The van der Waals surface area contributed by atoms with E-state index in [9.17, 15) is 9.59 Å². The van der Waals surface area contributed by atoms with E-state index in [4.69, 9.17) is 9.63 Å². The van der Waals surface area contributed by atoms with Crippen LogP contribution in [0.4, 0.5) is 0 Å². The van der Waals surface area contributed by atoms with E-state index in [1.807, 2.05) is 23.1 Å². The van der Waals surface area contributed by atoms with Crippen LogP contribution < -0.4 is 5.32 Å². The largest absolute Gasteiger partial charge is 0.388 e. The Kier molecular flexibility index (Phi) is 6.03. The average Bonchev–Trinajstić information content (AvgIpc) is 3.21. The highest BCUT2D eigenvalue weighted by molar-refractivity contribution is 5.96. The number of likely N-dealkylation sites (tertiary alicyclic amines) is 1. The molecule has 2 heterocycles. The van der Waals surface area contributed by atoms with Crippen LogP contribution in [-0.2, 0) is 17.9 Å². The van der Waals surface area contributed by atoms with Gasteiger partial charge < -0.3 is 19.8 Å². The molecule has 1 aliphatic heterocycles. The van der Waals surface area contributed by atoms with Crippen molar-refractivity contribution in [1.29, 1.82) is 0 Å². The van der Waals surface area contributed by atoms with Gasteiger partial charge in [0.25, 0.3) is 5.91 Å². The lowest BCUT2D eigenvalue weighted by Crippen LogP contribution is -2.38. The number of nitrogens with zero attached hydrogens (tertiary/aromatic N) is 2. The van der Waals surface area contributed by atoms with Crippen LogP contribution >= 0.6 is 0 Å². The first-order valence-electron chi connectivity index (χ1n) is 8.96. The average molecular weight is 369 g/mol. The standard InChI is InChI=1S/C20H23N3O4/c1-2-19(25)21-12-15-5-3-4-6-17(15)20(26)23-9-7-14(8-10-23)18-11-16(13-24)27-22-18/h2-6,11,14,24H,1,7-10,12-13H2,(H,21,25). The van der Waals surface area contributed by atoms with E-state index in [2.05, 4.69) is 17.1 Å². The maximum Gasteiger partial charge on any atom is 0.254 e. The number of hydrogen-bond donors (Lipinski definition) is 2. The molecule has 0 aliphatic carbocycles. The summed E-state index contributed by atoms with van der Waals surface area (Å²) in [5, 5.41) is 15.8. The van der Waals surface area contributed by atoms with Gasteiger partial charge in [0, 0.05) is 37.2 Å². The first-order chi connectivity index (χ1) is 13.1. The number of carbonyl (C=O) groups is 2. The Balaban J connectivity index is 1.64. The quantitative estimate of drug-likeness (QED) is 0.759. The van der Waals surface area contributed by atoms with Gasteiger partial charge in [0.2, 0.25) is 5.91 Å². The minimum Gasteiger partial charge on any atom is -0.388 e. The molecule has 2 aromatic rings. The fraction of sp³-hybridized carbons (Fsp3) is 0.350. The van der Waals surface area contributed by atoms with Gasteiger partial charge in [-0.25, -0.2) is 0 Å². The summed E-state index contributed by atoms with van der Waals surface area (Å²) in [4.78, 5) is 26.2. The summed E-state index contributed by atoms with van der Waals surface area (Å²) in [6.07, 6.45) is 2.79. The topological polar surface area (TPSA) is 95.7 Å². The predicted octanol–water partition coefficient (Wildman–Crippen LogP) is 1.99. The zero-order chi connectivity index (χ0) is 19.2. The molecule has 27 heavy (non-hydrogen) atoms. The van der Waals surface area contributed by atoms with Gasteiger partial charge >= 0.3 is 0 Å². The molecule has 0 unspecified atom stereocenters. The van der Waals surface area contributed by atoms with E-state index in [0.29, 0.717) is 24.4 Å². The third kappa shape index (κ3) is 4.43. The molecule has 2 amide bonds. The summed E-state index contributed by atoms with van der Waals surface area (Å²) in [5.41, 5.74) is 2.21. The number of rotatable bonds is 6. The molecule has 7 heteroatoms. The van der Waals surface area contributed by atoms with E-state index in [0.717, 1.165) is 24.1 Å². The fourth-order valence-corrected chi connectivity index (χ4v) is 3.28. The Bertz CT molecular complexity index is 822. The number of amides is 2. The monoisotopic (exact) mass is 369 g/mol. The number of aliphatic hydroxyl groups excluding tert-OH is 1. The minimum absolute atomic E-state index is 0.0342. The third-order valence-corrected chi connectivity index (χ3v) is 4.82. The second-order valence-electron chi connectivity index (χ2n) is 6.52. The van der Waals surface area contributed by atoms with Crippen LogP contribution in [0.5, 0.6) is 0 Å². The van der Waals surface area contributed by atoms with Gasteiger partial charge in [-0.2, -0.15) is 0 Å². The Morgan fingerprint density at radius 1 is 1.33 bits per heavy atom. The SMILES string of the molecule is C=CC(=O)NCc1ccccc1C(=O)N1CCC(c2cc(CO)on2)CC1. The Morgan fingerprint density at radius 3 is 2.74 bits per heavy atom. The zero-order valence-electron chi connectivity index (χ0n) is 15.1. The van der Waals surface area contributed by atoms with Crippen LogP contribution in [0.25, 0.3) is 0 Å². The van der Waals surface area contributed by atoms with Crippen LogP contribution in [0.3, 0.4) is 0 Å². The molecule has 0 atom stereocenters. The first-order valence-corrected chi connectivity index (χ1v) is 8.96. The van der Waals surface area contributed by atoms with Crippen molar-refractivity contribution in [1.82, 2.24) is 15.4 Å². The molecular formula is C20H23N3O4. The van der Waals surface area contributed by atoms with Gasteiger partial charge in [-0.1, -0.05) is 29.9 Å².